The number of benzene rings is 1. The monoisotopic (exact) mass is 406 g/mol. The van der Waals surface area contributed by atoms with Crippen molar-refractivity contribution in [1.82, 2.24) is 14.7 Å². The summed E-state index contributed by atoms with van der Waals surface area (Å²) in [6.45, 7) is 1.99. The molecule has 10 nitrogen and oxygen atoms in total. The molecule has 12 heteroatoms. The van der Waals surface area contributed by atoms with Crippen molar-refractivity contribution in [2.24, 2.45) is 0 Å². The van der Waals surface area contributed by atoms with Crippen LogP contribution in [0.3, 0.4) is 0 Å². The molecule has 142 valence electrons. The molecule has 2 N–H and O–H groups in total. The Kier molecular flexibility index (Phi) is 8.76. The van der Waals surface area contributed by atoms with Crippen LogP contribution in [0.4, 0.5) is 10.7 Å². The Morgan fingerprint density at radius 3 is 2.30 bits per heavy atom. The van der Waals surface area contributed by atoms with Gasteiger partial charge in [-0.25, -0.2) is 17.9 Å². The topological polar surface area (TPSA) is 129 Å². The minimum atomic E-state index is -4.17. The van der Waals surface area contributed by atoms with Gasteiger partial charge in [0, 0.05) is 0 Å². The van der Waals surface area contributed by atoms with E-state index in [4.69, 9.17) is 14.2 Å². The SMILES string of the molecule is CCOc1ccccc1S(=O)(=O)NC(=O)Nc1nc(OC)cc(OC)n1.[H-].[Na+]. The van der Waals surface area contributed by atoms with Gasteiger partial charge in [0.1, 0.15) is 10.6 Å². The summed E-state index contributed by atoms with van der Waals surface area (Å²) < 4.78 is 41.9. The molecule has 0 saturated carbocycles. The number of hydrogen-bond donors (Lipinski definition) is 2. The molecule has 0 bridgehead atoms. The van der Waals surface area contributed by atoms with Crippen LogP contribution in [0.15, 0.2) is 35.2 Å². The molecule has 2 aromatic rings. The Labute approximate surface area is 180 Å². The van der Waals surface area contributed by atoms with E-state index in [2.05, 4.69) is 15.3 Å². The third kappa shape index (κ3) is 6.24. The van der Waals surface area contributed by atoms with Crippen molar-refractivity contribution in [2.75, 3.05) is 26.1 Å². The fraction of sp³-hybridized carbons (Fsp3) is 0.267. The normalized spacial score (nSPS) is 10.3. The number of sulfonamides is 1. The van der Waals surface area contributed by atoms with Crippen molar-refractivity contribution in [3.63, 3.8) is 0 Å². The van der Waals surface area contributed by atoms with E-state index >= 15 is 0 Å². The second-order valence-electron chi connectivity index (χ2n) is 4.72. The van der Waals surface area contributed by atoms with E-state index in [0.717, 1.165) is 0 Å². The maximum Gasteiger partial charge on any atom is 1.00 e. The van der Waals surface area contributed by atoms with E-state index < -0.39 is 16.1 Å². The van der Waals surface area contributed by atoms with Crippen LogP contribution < -0.4 is 53.8 Å². The van der Waals surface area contributed by atoms with Gasteiger partial charge in [-0.3, -0.25) is 5.32 Å². The van der Waals surface area contributed by atoms with Gasteiger partial charge in [0.15, 0.2) is 0 Å². The molecule has 27 heavy (non-hydrogen) atoms. The summed E-state index contributed by atoms with van der Waals surface area (Å²) in [5.41, 5.74) is 0. The summed E-state index contributed by atoms with van der Waals surface area (Å²) in [5.74, 6) is 0.218. The number of carbonyl (C=O) groups is 1. The summed E-state index contributed by atoms with van der Waals surface area (Å²) in [6, 6.07) is 6.31. The summed E-state index contributed by atoms with van der Waals surface area (Å²) >= 11 is 0. The number of carbonyl (C=O) groups excluding carboxylic acids is 1. The van der Waals surface area contributed by atoms with Crippen LogP contribution in [0.25, 0.3) is 0 Å². The summed E-state index contributed by atoms with van der Waals surface area (Å²) in [7, 11) is -1.42. The van der Waals surface area contributed by atoms with Gasteiger partial charge >= 0.3 is 35.6 Å². The van der Waals surface area contributed by atoms with Crippen LogP contribution in [-0.2, 0) is 10.0 Å². The number of ether oxygens (including phenoxy) is 3. The van der Waals surface area contributed by atoms with Gasteiger partial charge in [-0.2, -0.15) is 9.97 Å². The van der Waals surface area contributed by atoms with Crippen molar-refractivity contribution >= 4 is 22.0 Å². The number of methoxy groups -OCH3 is 2. The van der Waals surface area contributed by atoms with Crippen molar-refractivity contribution in [1.29, 1.82) is 0 Å². The predicted molar refractivity (Wildman–Crippen MR) is 93.2 cm³/mol. The first-order chi connectivity index (χ1) is 12.4. The smallest absolute Gasteiger partial charge is 1.00 e. The average molecular weight is 406 g/mol. The van der Waals surface area contributed by atoms with E-state index in [0.29, 0.717) is 0 Å². The Morgan fingerprint density at radius 2 is 1.74 bits per heavy atom. The molecular weight excluding hydrogens is 387 g/mol. The quantitative estimate of drug-likeness (QED) is 0.533. The number of rotatable bonds is 7. The van der Waals surface area contributed by atoms with Gasteiger partial charge < -0.3 is 15.6 Å². The molecule has 0 fully saturated rings. The Bertz CT molecular complexity index is 878. The molecule has 1 heterocycles. The zero-order chi connectivity index (χ0) is 19.2. The van der Waals surface area contributed by atoms with Gasteiger partial charge in [0.05, 0.1) is 26.9 Å². The van der Waals surface area contributed by atoms with Crippen LogP contribution >= 0.6 is 0 Å². The number of para-hydroxylation sites is 1. The van der Waals surface area contributed by atoms with Gasteiger partial charge in [0.25, 0.3) is 10.0 Å². The molecule has 0 radical (unpaired) electrons. The van der Waals surface area contributed by atoms with Crippen molar-refractivity contribution in [3.05, 3.63) is 30.3 Å². The zero-order valence-corrected chi connectivity index (χ0v) is 18.2. The molecule has 1 aromatic carbocycles. The molecule has 2 amide bonds. The molecule has 0 aliphatic rings. The molecular formula is C15H19N4NaO6S. The van der Waals surface area contributed by atoms with E-state index in [1.54, 1.807) is 13.0 Å². The zero-order valence-electron chi connectivity index (χ0n) is 16.3. The van der Waals surface area contributed by atoms with E-state index in [-0.39, 0.29) is 65.9 Å². The minimum absolute atomic E-state index is 0. The number of anilines is 1. The first-order valence-corrected chi connectivity index (χ1v) is 8.90. The van der Waals surface area contributed by atoms with Gasteiger partial charge in [0.2, 0.25) is 17.7 Å². The van der Waals surface area contributed by atoms with Gasteiger partial charge in [-0.15, -0.1) is 0 Å². The minimum Gasteiger partial charge on any atom is -1.00 e. The van der Waals surface area contributed by atoms with Crippen molar-refractivity contribution < 1.29 is 58.4 Å². The molecule has 0 spiro atoms. The van der Waals surface area contributed by atoms with Crippen molar-refractivity contribution in [2.45, 2.75) is 11.8 Å². The third-order valence-electron chi connectivity index (χ3n) is 2.99. The second kappa shape index (κ2) is 10.3. The molecule has 2 rings (SSSR count). The number of urea groups is 1. The first kappa shape index (κ1) is 23.0. The summed E-state index contributed by atoms with van der Waals surface area (Å²) in [4.78, 5) is 19.7. The second-order valence-corrected chi connectivity index (χ2v) is 6.37. The largest absolute Gasteiger partial charge is 1.00 e. The van der Waals surface area contributed by atoms with E-state index in [1.165, 1.54) is 38.5 Å². The molecule has 0 unspecified atom stereocenters. The number of nitrogens with zero attached hydrogens (tertiary/aromatic N) is 2. The van der Waals surface area contributed by atoms with Crippen LogP contribution in [0.5, 0.6) is 17.5 Å². The fourth-order valence-corrected chi connectivity index (χ4v) is 2.97. The third-order valence-corrected chi connectivity index (χ3v) is 4.36. The number of nitrogens with one attached hydrogen (secondary N) is 2. The molecule has 1 aromatic heterocycles. The number of aromatic nitrogens is 2. The van der Waals surface area contributed by atoms with Crippen LogP contribution in [0.1, 0.15) is 8.35 Å². The van der Waals surface area contributed by atoms with E-state index in [9.17, 15) is 13.2 Å². The van der Waals surface area contributed by atoms with Crippen molar-refractivity contribution in [3.8, 4) is 17.5 Å². The first-order valence-electron chi connectivity index (χ1n) is 7.42. The molecule has 0 aliphatic carbocycles. The summed E-state index contributed by atoms with van der Waals surface area (Å²) in [5, 5.41) is 2.22. The summed E-state index contributed by atoms with van der Waals surface area (Å²) in [6.07, 6.45) is 0. The average Bonchev–Trinajstić information content (AvgIpc) is 2.61. The van der Waals surface area contributed by atoms with Crippen LogP contribution in [-0.4, -0.2) is 45.2 Å². The Morgan fingerprint density at radius 1 is 1.15 bits per heavy atom. The van der Waals surface area contributed by atoms with Crippen LogP contribution in [0.2, 0.25) is 0 Å². The number of amides is 2. The fourth-order valence-electron chi connectivity index (χ4n) is 1.92. The Balaban J connectivity index is 0.00000364. The predicted octanol–water partition coefficient (Wildman–Crippen LogP) is -1.48. The molecule has 0 atom stereocenters. The maximum atomic E-state index is 12.4. The molecule has 0 aliphatic heterocycles. The maximum absolute atomic E-state index is 12.4. The Hall–Kier alpha value is -2.08. The van der Waals surface area contributed by atoms with Gasteiger partial charge in [-0.1, -0.05) is 12.1 Å². The molecule has 0 saturated heterocycles. The van der Waals surface area contributed by atoms with E-state index in [1.807, 2.05) is 4.72 Å². The van der Waals surface area contributed by atoms with Crippen LogP contribution in [0, 0.1) is 0 Å². The standard InChI is InChI=1S/C15H18N4O6S.Na.H/c1-4-25-10-7-5-6-8-11(10)26(21,22)19-15(20)18-14-16-12(23-2)9-13(17-14)24-3;;/h5-9H,4H2,1-3H3,(H2,16,17,18,19,20);;/q;+1;-1. The number of hydrogen-bond acceptors (Lipinski definition) is 8. The van der Waals surface area contributed by atoms with Gasteiger partial charge in [-0.05, 0) is 19.1 Å².